The maximum Gasteiger partial charge on any atom is 0.237 e. The molecule has 0 aromatic carbocycles. The van der Waals surface area contributed by atoms with Crippen LogP contribution in [0.3, 0.4) is 0 Å². The Hall–Kier alpha value is -0.320. The first-order valence-electron chi connectivity index (χ1n) is 9.14. The van der Waals surface area contributed by atoms with Gasteiger partial charge in [-0.1, -0.05) is 46.5 Å². The second-order valence-electron chi connectivity index (χ2n) is 8.39. The molecule has 4 nitrogen and oxygen atoms in total. The lowest BCUT2D eigenvalue weighted by Gasteiger charge is -2.48. The quantitative estimate of drug-likeness (QED) is 0.823. The minimum atomic E-state index is -0.436. The SMILES string of the molecule is CC(C)(C)[C@H](N)C(=O)NCC1(N2CCCCC2)CCCCC1.Cl. The molecule has 1 aliphatic carbocycles. The van der Waals surface area contributed by atoms with E-state index < -0.39 is 6.04 Å². The first-order valence-corrected chi connectivity index (χ1v) is 9.14. The molecule has 2 aliphatic rings. The highest BCUT2D eigenvalue weighted by Crippen LogP contribution is 2.35. The third-order valence-electron chi connectivity index (χ3n) is 5.62. The molecule has 136 valence electrons. The fourth-order valence-corrected chi connectivity index (χ4v) is 3.94. The van der Waals surface area contributed by atoms with Gasteiger partial charge in [0.25, 0.3) is 0 Å². The van der Waals surface area contributed by atoms with Gasteiger partial charge in [-0.25, -0.2) is 0 Å². The Balaban J connectivity index is 0.00000264. The van der Waals surface area contributed by atoms with Crippen LogP contribution in [0, 0.1) is 5.41 Å². The van der Waals surface area contributed by atoms with Gasteiger partial charge in [0.05, 0.1) is 6.04 Å². The van der Waals surface area contributed by atoms with Crippen LogP contribution in [0.2, 0.25) is 0 Å². The average molecular weight is 346 g/mol. The van der Waals surface area contributed by atoms with E-state index in [-0.39, 0.29) is 29.3 Å². The summed E-state index contributed by atoms with van der Waals surface area (Å²) in [5.41, 5.74) is 6.11. The molecule has 1 saturated carbocycles. The van der Waals surface area contributed by atoms with Crippen LogP contribution in [0.1, 0.15) is 72.1 Å². The molecule has 0 aromatic heterocycles. The van der Waals surface area contributed by atoms with Crippen molar-refractivity contribution in [3.63, 3.8) is 0 Å². The molecular formula is C18H36ClN3O. The van der Waals surface area contributed by atoms with Crippen LogP contribution >= 0.6 is 12.4 Å². The highest BCUT2D eigenvalue weighted by Gasteiger charge is 2.39. The molecule has 1 atom stereocenters. The van der Waals surface area contributed by atoms with Crippen molar-refractivity contribution in [2.75, 3.05) is 19.6 Å². The molecular weight excluding hydrogens is 310 g/mol. The predicted molar refractivity (Wildman–Crippen MR) is 98.9 cm³/mol. The number of nitrogens with two attached hydrogens (primary N) is 1. The zero-order chi connectivity index (χ0) is 16.2. The smallest absolute Gasteiger partial charge is 0.237 e. The van der Waals surface area contributed by atoms with Crippen LogP contribution in [-0.4, -0.2) is 42.0 Å². The van der Waals surface area contributed by atoms with E-state index >= 15 is 0 Å². The van der Waals surface area contributed by atoms with Crippen LogP contribution in [-0.2, 0) is 4.79 Å². The maximum atomic E-state index is 12.4. The molecule has 2 rings (SSSR count). The highest BCUT2D eigenvalue weighted by molar-refractivity contribution is 5.85. The van der Waals surface area contributed by atoms with Crippen LogP contribution in [0.15, 0.2) is 0 Å². The Morgan fingerprint density at radius 2 is 1.61 bits per heavy atom. The number of halogens is 1. The van der Waals surface area contributed by atoms with Crippen LogP contribution < -0.4 is 11.1 Å². The molecule has 1 heterocycles. The largest absolute Gasteiger partial charge is 0.353 e. The third kappa shape index (κ3) is 5.33. The van der Waals surface area contributed by atoms with Crippen molar-refractivity contribution in [3.05, 3.63) is 0 Å². The summed E-state index contributed by atoms with van der Waals surface area (Å²) >= 11 is 0. The predicted octanol–water partition coefficient (Wildman–Crippen LogP) is 3.09. The number of hydrogen-bond acceptors (Lipinski definition) is 3. The highest BCUT2D eigenvalue weighted by atomic mass is 35.5. The van der Waals surface area contributed by atoms with Gasteiger partial charge in [-0.15, -0.1) is 12.4 Å². The molecule has 0 unspecified atom stereocenters. The molecule has 5 heteroatoms. The Labute approximate surface area is 148 Å². The summed E-state index contributed by atoms with van der Waals surface area (Å²) in [7, 11) is 0. The van der Waals surface area contributed by atoms with Crippen molar-refractivity contribution >= 4 is 18.3 Å². The monoisotopic (exact) mass is 345 g/mol. The zero-order valence-electron chi connectivity index (χ0n) is 15.2. The van der Waals surface area contributed by atoms with Crippen molar-refractivity contribution in [2.24, 2.45) is 11.1 Å². The van der Waals surface area contributed by atoms with Gasteiger partial charge in [-0.2, -0.15) is 0 Å². The van der Waals surface area contributed by atoms with E-state index in [0.29, 0.717) is 0 Å². The summed E-state index contributed by atoms with van der Waals surface area (Å²) < 4.78 is 0. The number of amides is 1. The molecule has 3 N–H and O–H groups in total. The number of hydrogen-bond donors (Lipinski definition) is 2. The van der Waals surface area contributed by atoms with E-state index in [2.05, 4.69) is 10.2 Å². The van der Waals surface area contributed by atoms with Gasteiger partial charge < -0.3 is 11.1 Å². The molecule has 0 spiro atoms. The summed E-state index contributed by atoms with van der Waals surface area (Å²) in [5, 5.41) is 3.19. The Kier molecular flexibility index (Phi) is 7.82. The lowest BCUT2D eigenvalue weighted by Crippen LogP contribution is -2.60. The lowest BCUT2D eigenvalue weighted by atomic mass is 9.79. The van der Waals surface area contributed by atoms with Crippen molar-refractivity contribution in [1.29, 1.82) is 0 Å². The maximum absolute atomic E-state index is 12.4. The number of piperidine rings is 1. The van der Waals surface area contributed by atoms with E-state index in [1.807, 2.05) is 20.8 Å². The molecule has 1 saturated heterocycles. The second-order valence-corrected chi connectivity index (χ2v) is 8.39. The molecule has 1 aliphatic heterocycles. The van der Waals surface area contributed by atoms with E-state index in [9.17, 15) is 4.79 Å². The van der Waals surface area contributed by atoms with Crippen molar-refractivity contribution in [1.82, 2.24) is 10.2 Å². The zero-order valence-corrected chi connectivity index (χ0v) is 16.0. The Bertz CT molecular complexity index is 369. The number of rotatable bonds is 4. The fraction of sp³-hybridized carbons (Fsp3) is 0.944. The van der Waals surface area contributed by atoms with Gasteiger partial charge >= 0.3 is 0 Å². The normalized spacial score (nSPS) is 23.7. The van der Waals surface area contributed by atoms with Crippen LogP contribution in [0.4, 0.5) is 0 Å². The number of carbonyl (C=O) groups is 1. The lowest BCUT2D eigenvalue weighted by molar-refractivity contribution is -0.125. The van der Waals surface area contributed by atoms with Gasteiger partial charge in [0.1, 0.15) is 0 Å². The first-order chi connectivity index (χ1) is 10.4. The molecule has 2 fully saturated rings. The summed E-state index contributed by atoms with van der Waals surface area (Å²) in [5.74, 6) is 0.00876. The van der Waals surface area contributed by atoms with Gasteiger partial charge in [0, 0.05) is 12.1 Å². The van der Waals surface area contributed by atoms with E-state index in [1.54, 1.807) is 0 Å². The number of nitrogens with one attached hydrogen (secondary N) is 1. The summed E-state index contributed by atoms with van der Waals surface area (Å²) in [6, 6.07) is -0.436. The standard InChI is InChI=1S/C18H35N3O.ClH/c1-17(2,3)15(19)16(22)20-14-18(10-6-4-7-11-18)21-12-8-5-9-13-21;/h15H,4-14,19H2,1-3H3,(H,20,22);1H/t15-;/m1./s1. The van der Waals surface area contributed by atoms with Crippen molar-refractivity contribution < 1.29 is 4.79 Å². The Morgan fingerprint density at radius 3 is 2.13 bits per heavy atom. The van der Waals surface area contributed by atoms with E-state index in [0.717, 1.165) is 6.54 Å². The van der Waals surface area contributed by atoms with E-state index in [4.69, 9.17) is 5.73 Å². The Morgan fingerprint density at radius 1 is 1.09 bits per heavy atom. The molecule has 0 bridgehead atoms. The van der Waals surface area contributed by atoms with E-state index in [1.165, 1.54) is 64.5 Å². The topological polar surface area (TPSA) is 58.4 Å². The molecule has 23 heavy (non-hydrogen) atoms. The third-order valence-corrected chi connectivity index (χ3v) is 5.62. The van der Waals surface area contributed by atoms with Gasteiger partial charge in [0.15, 0.2) is 0 Å². The summed E-state index contributed by atoms with van der Waals surface area (Å²) in [6.07, 6.45) is 10.3. The van der Waals surface area contributed by atoms with Gasteiger partial charge in [0.2, 0.25) is 5.91 Å². The fourth-order valence-electron chi connectivity index (χ4n) is 3.94. The second kappa shape index (κ2) is 8.68. The minimum Gasteiger partial charge on any atom is -0.353 e. The number of nitrogens with zero attached hydrogens (tertiary/aromatic N) is 1. The number of likely N-dealkylation sites (tertiary alicyclic amines) is 1. The molecule has 1 amide bonds. The molecule has 0 aromatic rings. The average Bonchev–Trinajstić information content (AvgIpc) is 2.53. The summed E-state index contributed by atoms with van der Waals surface area (Å²) in [4.78, 5) is 15.1. The van der Waals surface area contributed by atoms with Crippen LogP contribution in [0.5, 0.6) is 0 Å². The van der Waals surface area contributed by atoms with Crippen LogP contribution in [0.25, 0.3) is 0 Å². The van der Waals surface area contributed by atoms with Crippen molar-refractivity contribution in [2.45, 2.75) is 83.7 Å². The minimum absolute atomic E-state index is 0. The van der Waals surface area contributed by atoms with Gasteiger partial charge in [-0.05, 0) is 44.2 Å². The number of carbonyl (C=O) groups excluding carboxylic acids is 1. The summed E-state index contributed by atoms with van der Waals surface area (Å²) in [6.45, 7) is 9.24. The van der Waals surface area contributed by atoms with Crippen molar-refractivity contribution in [3.8, 4) is 0 Å². The first kappa shape index (κ1) is 20.7. The molecule has 0 radical (unpaired) electrons. The van der Waals surface area contributed by atoms with Gasteiger partial charge in [-0.3, -0.25) is 9.69 Å².